The third-order valence-electron chi connectivity index (χ3n) is 2.08. The van der Waals surface area contributed by atoms with Crippen molar-refractivity contribution in [1.29, 1.82) is 0 Å². The van der Waals surface area contributed by atoms with Gasteiger partial charge in [0, 0.05) is 19.8 Å². The Morgan fingerprint density at radius 1 is 1.33 bits per heavy atom. The summed E-state index contributed by atoms with van der Waals surface area (Å²) < 4.78 is 22.6. The maximum absolute atomic E-state index is 13.0. The Morgan fingerprint density at radius 2 is 1.93 bits per heavy atom. The van der Waals surface area contributed by atoms with E-state index in [1.54, 1.807) is 6.92 Å². The van der Waals surface area contributed by atoms with E-state index in [4.69, 9.17) is 9.47 Å². The number of ketones is 1. The van der Waals surface area contributed by atoms with Crippen molar-refractivity contribution in [3.63, 3.8) is 0 Å². The summed E-state index contributed by atoms with van der Waals surface area (Å²) in [6.45, 7) is 1.60. The molecule has 0 saturated heterocycles. The molecule has 1 aromatic carbocycles. The van der Waals surface area contributed by atoms with Gasteiger partial charge in [0.05, 0.1) is 0 Å². The number of Topliss-reactive ketones (excluding diaryl/α,β-unsaturated/α-hetero) is 1. The minimum atomic E-state index is -0.935. The Balaban J connectivity index is 2.96. The van der Waals surface area contributed by atoms with Crippen LogP contribution in [0.5, 0.6) is 0 Å². The molecule has 0 fully saturated rings. The molecule has 0 aromatic heterocycles. The van der Waals surface area contributed by atoms with Gasteiger partial charge < -0.3 is 9.47 Å². The zero-order valence-corrected chi connectivity index (χ0v) is 8.91. The first-order valence-corrected chi connectivity index (χ1v) is 4.46. The predicted octanol–water partition coefficient (Wildman–Crippen LogP) is 1.94. The average molecular weight is 212 g/mol. The molecule has 0 spiro atoms. The van der Waals surface area contributed by atoms with Gasteiger partial charge in [0.1, 0.15) is 5.82 Å². The largest absolute Gasteiger partial charge is 0.349 e. The van der Waals surface area contributed by atoms with Gasteiger partial charge in [0.2, 0.25) is 12.1 Å². The molecule has 1 rings (SSSR count). The minimum absolute atomic E-state index is 0.317. The highest BCUT2D eigenvalue weighted by molar-refractivity contribution is 5.98. The molecule has 1 aromatic rings. The quantitative estimate of drug-likeness (QED) is 0.565. The van der Waals surface area contributed by atoms with Gasteiger partial charge >= 0.3 is 0 Å². The van der Waals surface area contributed by atoms with Crippen molar-refractivity contribution in [1.82, 2.24) is 0 Å². The molecule has 82 valence electrons. The molecule has 4 heteroatoms. The molecule has 0 radical (unpaired) electrons. The lowest BCUT2D eigenvalue weighted by atomic mass is 10.1. The van der Waals surface area contributed by atoms with Crippen LogP contribution in [0.2, 0.25) is 0 Å². The first-order valence-electron chi connectivity index (χ1n) is 4.46. The van der Waals surface area contributed by atoms with Gasteiger partial charge in [-0.3, -0.25) is 4.79 Å². The number of aryl methyl sites for hydroxylation is 1. The average Bonchev–Trinajstić information content (AvgIpc) is 2.23. The Labute approximate surface area is 87.8 Å². The normalized spacial score (nSPS) is 10.7. The molecule has 0 saturated carbocycles. The fourth-order valence-corrected chi connectivity index (χ4v) is 1.24. The molecule has 0 amide bonds. The van der Waals surface area contributed by atoms with Crippen molar-refractivity contribution in [2.75, 3.05) is 14.2 Å². The first kappa shape index (κ1) is 11.8. The van der Waals surface area contributed by atoms with Gasteiger partial charge in [-0.05, 0) is 30.7 Å². The number of ether oxygens (including phenoxy) is 2. The summed E-state index contributed by atoms with van der Waals surface area (Å²) in [5.41, 5.74) is 0.800. The van der Waals surface area contributed by atoms with E-state index < -0.39 is 6.29 Å². The zero-order chi connectivity index (χ0) is 11.4. The van der Waals surface area contributed by atoms with Gasteiger partial charge in [-0.1, -0.05) is 0 Å². The van der Waals surface area contributed by atoms with Gasteiger partial charge in [0.25, 0.3) is 0 Å². The standard InChI is InChI=1S/C11H13FO3/c1-7-6-8(4-5-9(7)12)10(13)11(14-2)15-3/h4-6,11H,1-3H3. The second kappa shape index (κ2) is 5.00. The molecular formula is C11H13FO3. The number of carbonyl (C=O) groups is 1. The fraction of sp³-hybridized carbons (Fsp3) is 0.364. The number of methoxy groups -OCH3 is 2. The molecule has 0 N–H and O–H groups in total. The molecular weight excluding hydrogens is 199 g/mol. The van der Waals surface area contributed by atoms with Crippen LogP contribution >= 0.6 is 0 Å². The number of benzene rings is 1. The molecule has 0 atom stereocenters. The molecule has 15 heavy (non-hydrogen) atoms. The van der Waals surface area contributed by atoms with E-state index >= 15 is 0 Å². The van der Waals surface area contributed by atoms with Crippen molar-refractivity contribution in [3.05, 3.63) is 35.1 Å². The zero-order valence-electron chi connectivity index (χ0n) is 8.91. The van der Waals surface area contributed by atoms with Crippen LogP contribution in [-0.4, -0.2) is 26.3 Å². The number of carbonyl (C=O) groups excluding carboxylic acids is 1. The summed E-state index contributed by atoms with van der Waals surface area (Å²) in [7, 11) is 2.75. The van der Waals surface area contributed by atoms with E-state index in [2.05, 4.69) is 0 Å². The Bertz CT molecular complexity index is 359. The molecule has 0 heterocycles. The predicted molar refractivity (Wildman–Crippen MR) is 53.3 cm³/mol. The molecule has 0 aliphatic rings. The topological polar surface area (TPSA) is 35.5 Å². The van der Waals surface area contributed by atoms with Crippen molar-refractivity contribution in [2.45, 2.75) is 13.2 Å². The van der Waals surface area contributed by atoms with Crippen LogP contribution < -0.4 is 0 Å². The highest BCUT2D eigenvalue weighted by atomic mass is 19.1. The summed E-state index contributed by atoms with van der Waals surface area (Å²) in [6.07, 6.45) is -0.935. The highest BCUT2D eigenvalue weighted by Crippen LogP contribution is 2.12. The van der Waals surface area contributed by atoms with Crippen LogP contribution in [0, 0.1) is 12.7 Å². The summed E-state index contributed by atoms with van der Waals surface area (Å²) in [6, 6.07) is 4.14. The molecule has 3 nitrogen and oxygen atoms in total. The minimum Gasteiger partial charge on any atom is -0.349 e. The van der Waals surface area contributed by atoms with E-state index in [9.17, 15) is 9.18 Å². The van der Waals surface area contributed by atoms with Crippen LogP contribution in [0.4, 0.5) is 4.39 Å². The molecule has 0 aliphatic carbocycles. The van der Waals surface area contributed by atoms with E-state index in [1.807, 2.05) is 0 Å². The smallest absolute Gasteiger partial charge is 0.222 e. The summed E-state index contributed by atoms with van der Waals surface area (Å²) in [5, 5.41) is 0. The maximum atomic E-state index is 13.0. The van der Waals surface area contributed by atoms with Gasteiger partial charge in [-0.2, -0.15) is 0 Å². The van der Waals surface area contributed by atoms with Crippen molar-refractivity contribution < 1.29 is 18.7 Å². The van der Waals surface area contributed by atoms with E-state index in [1.165, 1.54) is 32.4 Å². The lowest BCUT2D eigenvalue weighted by molar-refractivity contribution is -0.0742. The lowest BCUT2D eigenvalue weighted by Gasteiger charge is -2.12. The van der Waals surface area contributed by atoms with Gasteiger partial charge in [-0.15, -0.1) is 0 Å². The summed E-state index contributed by atoms with van der Waals surface area (Å²) in [5.74, 6) is -0.652. The monoisotopic (exact) mass is 212 g/mol. The van der Waals surface area contributed by atoms with Crippen LogP contribution in [0.1, 0.15) is 15.9 Å². The van der Waals surface area contributed by atoms with E-state index in [-0.39, 0.29) is 11.6 Å². The van der Waals surface area contributed by atoms with Crippen LogP contribution in [0.15, 0.2) is 18.2 Å². The number of halogens is 1. The van der Waals surface area contributed by atoms with Crippen LogP contribution in [-0.2, 0) is 9.47 Å². The maximum Gasteiger partial charge on any atom is 0.222 e. The van der Waals surface area contributed by atoms with Crippen molar-refractivity contribution in [2.24, 2.45) is 0 Å². The molecule has 0 unspecified atom stereocenters. The Hall–Kier alpha value is -1.26. The number of hydrogen-bond donors (Lipinski definition) is 0. The highest BCUT2D eigenvalue weighted by Gasteiger charge is 2.19. The molecule has 0 aliphatic heterocycles. The van der Waals surface area contributed by atoms with Crippen molar-refractivity contribution >= 4 is 5.78 Å². The third kappa shape index (κ3) is 2.61. The van der Waals surface area contributed by atoms with Crippen LogP contribution in [0.25, 0.3) is 0 Å². The Kier molecular flexibility index (Phi) is 3.94. The van der Waals surface area contributed by atoms with Crippen LogP contribution in [0.3, 0.4) is 0 Å². The third-order valence-corrected chi connectivity index (χ3v) is 2.08. The fourth-order valence-electron chi connectivity index (χ4n) is 1.24. The second-order valence-electron chi connectivity index (χ2n) is 3.13. The van der Waals surface area contributed by atoms with E-state index in [0.29, 0.717) is 11.1 Å². The lowest BCUT2D eigenvalue weighted by Crippen LogP contribution is -2.25. The summed E-state index contributed by atoms with van der Waals surface area (Å²) in [4.78, 5) is 11.7. The Morgan fingerprint density at radius 3 is 2.40 bits per heavy atom. The first-order chi connectivity index (χ1) is 7.10. The van der Waals surface area contributed by atoms with Gasteiger partial charge in [0.15, 0.2) is 0 Å². The van der Waals surface area contributed by atoms with Crippen molar-refractivity contribution in [3.8, 4) is 0 Å². The summed E-state index contributed by atoms with van der Waals surface area (Å²) >= 11 is 0. The number of rotatable bonds is 4. The van der Waals surface area contributed by atoms with Gasteiger partial charge in [-0.25, -0.2) is 4.39 Å². The second-order valence-corrected chi connectivity index (χ2v) is 3.13. The molecule has 0 bridgehead atoms. The number of hydrogen-bond acceptors (Lipinski definition) is 3. The SMILES string of the molecule is COC(OC)C(=O)c1ccc(F)c(C)c1. The van der Waals surface area contributed by atoms with E-state index in [0.717, 1.165) is 0 Å².